The fourth-order valence-electron chi connectivity index (χ4n) is 5.19. The fourth-order valence-corrected chi connectivity index (χ4v) is 5.19. The lowest BCUT2D eigenvalue weighted by molar-refractivity contribution is 1.31. The van der Waals surface area contributed by atoms with Gasteiger partial charge in [0.05, 0.1) is 11.4 Å². The number of benzene rings is 5. The van der Waals surface area contributed by atoms with Crippen LogP contribution in [0.15, 0.2) is 115 Å². The first kappa shape index (κ1) is 17.4. The van der Waals surface area contributed by atoms with Crippen LogP contribution in [0, 0.1) is 0 Å². The second-order valence-corrected chi connectivity index (χ2v) is 8.29. The molecule has 6 aromatic rings. The minimum absolute atomic E-state index is 1.16. The summed E-state index contributed by atoms with van der Waals surface area (Å²) in [6.45, 7) is 0. The Labute approximate surface area is 186 Å². The molecule has 7 rings (SSSR count). The van der Waals surface area contributed by atoms with Crippen LogP contribution in [0.3, 0.4) is 0 Å². The quantitative estimate of drug-likeness (QED) is 0.289. The Balaban J connectivity index is 1.73. The van der Waals surface area contributed by atoms with Gasteiger partial charge < -0.3 is 9.88 Å². The minimum Gasteiger partial charge on any atom is -0.354 e. The van der Waals surface area contributed by atoms with Crippen molar-refractivity contribution in [2.45, 2.75) is 0 Å². The summed E-state index contributed by atoms with van der Waals surface area (Å²) in [5.41, 5.74) is 10.9. The van der Waals surface area contributed by atoms with E-state index in [1.54, 1.807) is 0 Å². The number of anilines is 3. The molecular formula is C30H20N2. The number of H-pyrrole nitrogens is 1. The van der Waals surface area contributed by atoms with Gasteiger partial charge >= 0.3 is 0 Å². The topological polar surface area (TPSA) is 19.0 Å². The number of hydrogen-bond acceptors (Lipinski definition) is 1. The lowest BCUT2D eigenvalue weighted by Crippen LogP contribution is -2.11. The number of para-hydroxylation sites is 3. The summed E-state index contributed by atoms with van der Waals surface area (Å²) in [6.07, 6.45) is 0. The molecule has 0 saturated carbocycles. The van der Waals surface area contributed by atoms with Crippen molar-refractivity contribution in [1.29, 1.82) is 0 Å². The van der Waals surface area contributed by atoms with Crippen molar-refractivity contribution in [3.05, 3.63) is 115 Å². The average Bonchev–Trinajstić information content (AvgIpc) is 3.18. The largest absolute Gasteiger partial charge is 0.354 e. The monoisotopic (exact) mass is 408 g/mol. The molecule has 0 aliphatic carbocycles. The van der Waals surface area contributed by atoms with Crippen LogP contribution in [0.5, 0.6) is 0 Å². The number of aromatic nitrogens is 1. The minimum atomic E-state index is 1.16. The zero-order valence-electron chi connectivity index (χ0n) is 17.4. The summed E-state index contributed by atoms with van der Waals surface area (Å²) in [4.78, 5) is 6.08. The van der Waals surface area contributed by atoms with Crippen molar-refractivity contribution in [2.24, 2.45) is 0 Å². The molecule has 1 N–H and O–H groups in total. The van der Waals surface area contributed by atoms with Crippen molar-refractivity contribution >= 4 is 38.9 Å². The van der Waals surface area contributed by atoms with E-state index in [4.69, 9.17) is 0 Å². The molecule has 2 heterocycles. The summed E-state index contributed by atoms with van der Waals surface area (Å²) in [6, 6.07) is 41.3. The van der Waals surface area contributed by atoms with Gasteiger partial charge in [0.1, 0.15) is 0 Å². The van der Waals surface area contributed by atoms with E-state index in [0.717, 1.165) is 16.7 Å². The van der Waals surface area contributed by atoms with E-state index >= 15 is 0 Å². The first-order chi connectivity index (χ1) is 15.9. The maximum absolute atomic E-state index is 3.64. The van der Waals surface area contributed by atoms with Gasteiger partial charge in [0.2, 0.25) is 0 Å². The molecule has 0 unspecified atom stereocenters. The predicted octanol–water partition coefficient (Wildman–Crippen LogP) is 8.44. The van der Waals surface area contributed by atoms with Gasteiger partial charge in [-0.1, -0.05) is 84.9 Å². The molecule has 32 heavy (non-hydrogen) atoms. The highest BCUT2D eigenvalue weighted by Crippen LogP contribution is 2.53. The molecule has 1 aromatic heterocycles. The van der Waals surface area contributed by atoms with Gasteiger partial charge in [0, 0.05) is 38.6 Å². The molecule has 5 aromatic carbocycles. The van der Waals surface area contributed by atoms with Gasteiger partial charge in [0.15, 0.2) is 0 Å². The molecule has 2 nitrogen and oxygen atoms in total. The SMILES string of the molecule is c1ccc(N2c3ccccc3-c3ccccc3-c3ccc4[nH]c5ccccc5c4c32)cc1. The number of nitrogens with zero attached hydrogens (tertiary/aromatic N) is 1. The van der Waals surface area contributed by atoms with Crippen LogP contribution in [0.4, 0.5) is 17.1 Å². The van der Waals surface area contributed by atoms with Crippen molar-refractivity contribution in [3.63, 3.8) is 0 Å². The van der Waals surface area contributed by atoms with E-state index in [0.29, 0.717) is 0 Å². The highest BCUT2D eigenvalue weighted by molar-refractivity contribution is 6.20. The lowest BCUT2D eigenvalue weighted by atomic mass is 9.93. The number of nitrogens with one attached hydrogen (secondary N) is 1. The van der Waals surface area contributed by atoms with Gasteiger partial charge in [-0.05, 0) is 41.5 Å². The molecule has 0 spiro atoms. The zero-order valence-corrected chi connectivity index (χ0v) is 17.4. The van der Waals surface area contributed by atoms with Gasteiger partial charge in [-0.3, -0.25) is 0 Å². The van der Waals surface area contributed by atoms with E-state index in [1.807, 2.05) is 0 Å². The van der Waals surface area contributed by atoms with Crippen LogP contribution in [-0.4, -0.2) is 4.98 Å². The van der Waals surface area contributed by atoms with Gasteiger partial charge in [-0.15, -0.1) is 0 Å². The third kappa shape index (κ3) is 2.35. The number of rotatable bonds is 1. The molecule has 0 saturated heterocycles. The lowest BCUT2D eigenvalue weighted by Gasteiger charge is -2.28. The third-order valence-corrected chi connectivity index (χ3v) is 6.53. The molecule has 0 atom stereocenters. The Morgan fingerprint density at radius 1 is 0.469 bits per heavy atom. The normalized spacial score (nSPS) is 12.3. The summed E-state index contributed by atoms with van der Waals surface area (Å²) in [5, 5.41) is 2.51. The predicted molar refractivity (Wildman–Crippen MR) is 135 cm³/mol. The number of fused-ring (bicyclic) bond motifs is 9. The van der Waals surface area contributed by atoms with Crippen molar-refractivity contribution in [1.82, 2.24) is 4.98 Å². The zero-order chi connectivity index (χ0) is 21.1. The summed E-state index contributed by atoms with van der Waals surface area (Å²) in [7, 11) is 0. The van der Waals surface area contributed by atoms with Gasteiger partial charge in [0.25, 0.3) is 0 Å². The molecule has 2 heteroatoms. The number of hydrogen-bond donors (Lipinski definition) is 1. The molecule has 0 amide bonds. The highest BCUT2D eigenvalue weighted by atomic mass is 15.2. The van der Waals surface area contributed by atoms with E-state index < -0.39 is 0 Å². The third-order valence-electron chi connectivity index (χ3n) is 6.53. The summed E-state index contributed by atoms with van der Waals surface area (Å²) < 4.78 is 0. The van der Waals surface area contributed by atoms with E-state index in [1.165, 1.54) is 44.4 Å². The average molecular weight is 409 g/mol. The van der Waals surface area contributed by atoms with Crippen molar-refractivity contribution < 1.29 is 0 Å². The van der Waals surface area contributed by atoms with Crippen LogP contribution in [0.25, 0.3) is 44.1 Å². The Bertz CT molecular complexity index is 1630. The molecule has 1 aliphatic heterocycles. The Morgan fingerprint density at radius 2 is 1.12 bits per heavy atom. The van der Waals surface area contributed by atoms with Crippen molar-refractivity contribution in [3.8, 4) is 22.3 Å². The Kier molecular flexibility index (Phi) is 3.58. The Morgan fingerprint density at radius 3 is 1.97 bits per heavy atom. The maximum atomic E-state index is 3.64. The van der Waals surface area contributed by atoms with Crippen LogP contribution in [0.2, 0.25) is 0 Å². The summed E-state index contributed by atoms with van der Waals surface area (Å²) in [5.74, 6) is 0. The standard InChI is InChI=1S/C30H20N2/c1-2-10-20(11-3-1)32-28-17-9-7-14-23(28)21-12-4-5-13-22(21)24-18-19-27-29(30(24)32)25-15-6-8-16-26(25)31-27/h1-19,31H. The van der Waals surface area contributed by atoms with Crippen LogP contribution < -0.4 is 4.90 Å². The van der Waals surface area contributed by atoms with E-state index in [9.17, 15) is 0 Å². The van der Waals surface area contributed by atoms with E-state index in [2.05, 4.69) is 125 Å². The summed E-state index contributed by atoms with van der Waals surface area (Å²) >= 11 is 0. The van der Waals surface area contributed by atoms with Crippen LogP contribution in [0.1, 0.15) is 0 Å². The Hall–Kier alpha value is -4.30. The first-order valence-electron chi connectivity index (χ1n) is 11.0. The maximum Gasteiger partial charge on any atom is 0.0640 e. The number of aromatic amines is 1. The van der Waals surface area contributed by atoms with Crippen molar-refractivity contribution in [2.75, 3.05) is 4.90 Å². The molecular weight excluding hydrogens is 388 g/mol. The molecule has 1 aliphatic rings. The van der Waals surface area contributed by atoms with Crippen LogP contribution >= 0.6 is 0 Å². The highest BCUT2D eigenvalue weighted by Gasteiger charge is 2.28. The molecule has 0 fully saturated rings. The molecule has 0 bridgehead atoms. The fraction of sp³-hybridized carbons (Fsp3) is 0. The smallest absolute Gasteiger partial charge is 0.0640 e. The second-order valence-electron chi connectivity index (χ2n) is 8.29. The second kappa shape index (κ2) is 6.60. The molecule has 0 radical (unpaired) electrons. The molecule has 150 valence electrons. The van der Waals surface area contributed by atoms with Crippen LogP contribution in [-0.2, 0) is 0 Å². The van der Waals surface area contributed by atoms with Gasteiger partial charge in [-0.25, -0.2) is 0 Å². The first-order valence-corrected chi connectivity index (χ1v) is 11.0. The van der Waals surface area contributed by atoms with Gasteiger partial charge in [-0.2, -0.15) is 0 Å². The van der Waals surface area contributed by atoms with E-state index in [-0.39, 0.29) is 0 Å².